The highest BCUT2D eigenvalue weighted by atomic mass is 32.1. The largest absolute Gasteiger partial charge is 0.456 e. The van der Waals surface area contributed by atoms with Gasteiger partial charge in [0, 0.05) is 69.9 Å². The Kier molecular flexibility index (Phi) is 6.57. The van der Waals surface area contributed by atoms with Gasteiger partial charge in [-0.1, -0.05) is 103 Å². The van der Waals surface area contributed by atoms with Crippen LogP contribution in [0.1, 0.15) is 0 Å². The molecule has 5 heteroatoms. The van der Waals surface area contributed by atoms with E-state index in [0.29, 0.717) is 0 Å². The summed E-state index contributed by atoms with van der Waals surface area (Å²) >= 11 is 1.88. The lowest BCUT2D eigenvalue weighted by molar-refractivity contribution is 0.669. The van der Waals surface area contributed by atoms with E-state index in [4.69, 9.17) is 9.40 Å². The van der Waals surface area contributed by atoms with E-state index in [1.165, 1.54) is 74.9 Å². The summed E-state index contributed by atoms with van der Waals surface area (Å²) in [6.45, 7) is 0. The van der Waals surface area contributed by atoms with Crippen LogP contribution in [-0.4, -0.2) is 14.1 Å². The lowest BCUT2D eigenvalue weighted by atomic mass is 10.00. The zero-order chi connectivity index (χ0) is 37.9. The molecule has 0 aliphatic carbocycles. The first kappa shape index (κ1) is 31.7. The van der Waals surface area contributed by atoms with Crippen LogP contribution < -0.4 is 0 Å². The zero-order valence-corrected chi connectivity index (χ0v) is 31.9. The number of furan rings is 1. The van der Waals surface area contributed by atoms with E-state index in [9.17, 15) is 0 Å². The molecule has 0 amide bonds. The van der Waals surface area contributed by atoms with Crippen molar-refractivity contribution in [1.82, 2.24) is 14.1 Å². The quantitative estimate of drug-likeness (QED) is 0.179. The van der Waals surface area contributed by atoms with Crippen LogP contribution in [0.5, 0.6) is 0 Å². The molecule has 0 bridgehead atoms. The number of benzene rings is 8. The molecule has 5 heterocycles. The lowest BCUT2D eigenvalue weighted by Gasteiger charge is -2.09. The maximum Gasteiger partial charge on any atom is 0.135 e. The van der Waals surface area contributed by atoms with Crippen molar-refractivity contribution >= 4 is 97.1 Å². The van der Waals surface area contributed by atoms with Crippen LogP contribution in [0.25, 0.3) is 119 Å². The third kappa shape index (κ3) is 4.53. The van der Waals surface area contributed by atoms with E-state index in [1.807, 2.05) is 23.7 Å². The van der Waals surface area contributed by atoms with Crippen LogP contribution in [-0.2, 0) is 0 Å². The third-order valence-electron chi connectivity index (χ3n) is 12.0. The first-order valence-corrected chi connectivity index (χ1v) is 20.4. The van der Waals surface area contributed by atoms with Gasteiger partial charge in [0.2, 0.25) is 0 Å². The van der Waals surface area contributed by atoms with Crippen molar-refractivity contribution < 1.29 is 4.42 Å². The molecule has 0 saturated heterocycles. The summed E-state index contributed by atoms with van der Waals surface area (Å²) in [4.78, 5) is 4.71. The number of pyridine rings is 1. The Morgan fingerprint density at radius 2 is 1.00 bits per heavy atom. The standard InChI is InChI=1S/C53H31N3OS/c1-2-10-32(11-3-1)35-26-37(31-54-30-35)56-47-17-9-6-14-41(47)52-48(56)22-21-40-44-28-34(19-25-51(44)58-53(40)52)33-18-23-49-42(27-33)43-29-36(20-24-50(43)57-49)55-45-15-7-4-12-38(45)39-13-5-8-16-46(39)55/h1-31H. The summed E-state index contributed by atoms with van der Waals surface area (Å²) < 4.78 is 13.8. The molecule has 0 aliphatic rings. The molecule has 4 nitrogen and oxygen atoms in total. The van der Waals surface area contributed by atoms with Gasteiger partial charge in [0.05, 0.1) is 34.0 Å². The van der Waals surface area contributed by atoms with Gasteiger partial charge in [-0.25, -0.2) is 0 Å². The fourth-order valence-corrected chi connectivity index (χ4v) is 10.6. The van der Waals surface area contributed by atoms with E-state index in [-0.39, 0.29) is 0 Å². The topological polar surface area (TPSA) is 35.9 Å². The summed E-state index contributed by atoms with van der Waals surface area (Å²) in [5.74, 6) is 0. The minimum absolute atomic E-state index is 0.890. The van der Waals surface area contributed by atoms with Gasteiger partial charge in [0.25, 0.3) is 0 Å². The van der Waals surface area contributed by atoms with Crippen LogP contribution >= 0.6 is 11.3 Å². The molecular weight excluding hydrogens is 727 g/mol. The normalized spacial score (nSPS) is 12.1. The molecule has 8 aromatic carbocycles. The Morgan fingerprint density at radius 3 is 1.78 bits per heavy atom. The molecule has 0 radical (unpaired) electrons. The van der Waals surface area contributed by atoms with Gasteiger partial charge < -0.3 is 13.6 Å². The number of hydrogen-bond donors (Lipinski definition) is 0. The zero-order valence-electron chi connectivity index (χ0n) is 31.1. The summed E-state index contributed by atoms with van der Waals surface area (Å²) in [5.41, 5.74) is 13.3. The van der Waals surface area contributed by atoms with Crippen LogP contribution in [0.3, 0.4) is 0 Å². The second-order valence-corrected chi connectivity index (χ2v) is 16.2. The van der Waals surface area contributed by atoms with Crippen molar-refractivity contribution in [3.05, 3.63) is 188 Å². The minimum atomic E-state index is 0.890. The van der Waals surface area contributed by atoms with Crippen molar-refractivity contribution in [3.8, 4) is 33.6 Å². The molecule has 5 aromatic heterocycles. The fourth-order valence-electron chi connectivity index (χ4n) is 9.37. The van der Waals surface area contributed by atoms with Gasteiger partial charge in [-0.15, -0.1) is 11.3 Å². The second-order valence-electron chi connectivity index (χ2n) is 15.2. The molecule has 13 aromatic rings. The highest BCUT2D eigenvalue weighted by molar-refractivity contribution is 7.26. The Morgan fingerprint density at radius 1 is 0.379 bits per heavy atom. The fraction of sp³-hybridized carbons (Fsp3) is 0. The van der Waals surface area contributed by atoms with Gasteiger partial charge in [0.15, 0.2) is 0 Å². The van der Waals surface area contributed by atoms with E-state index in [1.54, 1.807) is 0 Å². The van der Waals surface area contributed by atoms with Crippen LogP contribution in [0.4, 0.5) is 0 Å². The minimum Gasteiger partial charge on any atom is -0.456 e. The average molecular weight is 758 g/mol. The average Bonchev–Trinajstić information content (AvgIpc) is 4.03. The van der Waals surface area contributed by atoms with Crippen molar-refractivity contribution in [1.29, 1.82) is 0 Å². The number of nitrogens with zero attached hydrogens (tertiary/aromatic N) is 3. The molecule has 0 atom stereocenters. The molecule has 0 aliphatic heterocycles. The van der Waals surface area contributed by atoms with Crippen molar-refractivity contribution in [2.75, 3.05) is 0 Å². The monoisotopic (exact) mass is 757 g/mol. The Bertz CT molecular complexity index is 3750. The summed E-state index contributed by atoms with van der Waals surface area (Å²) in [6.07, 6.45) is 3.93. The van der Waals surface area contributed by atoms with Gasteiger partial charge in [-0.05, 0) is 89.5 Å². The first-order chi connectivity index (χ1) is 28.7. The summed E-state index contributed by atoms with van der Waals surface area (Å²) in [6, 6.07) is 63.6. The summed E-state index contributed by atoms with van der Waals surface area (Å²) in [5, 5.41) is 9.82. The predicted molar refractivity (Wildman–Crippen MR) is 244 cm³/mol. The predicted octanol–water partition coefficient (Wildman–Crippen LogP) is 14.9. The number of hydrogen-bond acceptors (Lipinski definition) is 3. The number of thiophene rings is 1. The van der Waals surface area contributed by atoms with Crippen LogP contribution in [0, 0.1) is 0 Å². The molecule has 0 unspecified atom stereocenters. The molecule has 58 heavy (non-hydrogen) atoms. The van der Waals surface area contributed by atoms with Crippen molar-refractivity contribution in [2.24, 2.45) is 0 Å². The smallest absolute Gasteiger partial charge is 0.135 e. The highest BCUT2D eigenvalue weighted by Crippen LogP contribution is 2.45. The van der Waals surface area contributed by atoms with Gasteiger partial charge in [0.1, 0.15) is 11.2 Å². The maximum atomic E-state index is 6.43. The molecule has 0 fully saturated rings. The SMILES string of the molecule is c1ccc(-c2cncc(-n3c4ccccc4c4c5sc6ccc(-c7ccc8oc9ccc(-n%10c%11ccccc%11c%11ccccc%11%10)cc9c8c7)cc6c5ccc43)c2)cc1. The molecular formula is C53H31N3OS. The number of fused-ring (bicyclic) bond motifs is 13. The second kappa shape index (κ2) is 12.0. The van der Waals surface area contributed by atoms with Gasteiger partial charge in [-0.3, -0.25) is 4.98 Å². The molecule has 0 spiro atoms. The van der Waals surface area contributed by atoms with Crippen LogP contribution in [0.2, 0.25) is 0 Å². The van der Waals surface area contributed by atoms with E-state index < -0.39 is 0 Å². The van der Waals surface area contributed by atoms with Crippen molar-refractivity contribution in [2.45, 2.75) is 0 Å². The Labute approximate surface area is 336 Å². The number of aromatic nitrogens is 3. The van der Waals surface area contributed by atoms with E-state index in [2.05, 4.69) is 185 Å². The first-order valence-electron chi connectivity index (χ1n) is 19.6. The Balaban J connectivity index is 0.958. The van der Waals surface area contributed by atoms with Gasteiger partial charge >= 0.3 is 0 Å². The van der Waals surface area contributed by atoms with Gasteiger partial charge in [-0.2, -0.15) is 0 Å². The van der Waals surface area contributed by atoms with Crippen LogP contribution in [0.15, 0.2) is 193 Å². The molecule has 13 rings (SSSR count). The highest BCUT2D eigenvalue weighted by Gasteiger charge is 2.19. The number of para-hydroxylation sites is 3. The van der Waals surface area contributed by atoms with E-state index >= 15 is 0 Å². The van der Waals surface area contributed by atoms with E-state index in [0.717, 1.165) is 44.4 Å². The lowest BCUT2D eigenvalue weighted by Crippen LogP contribution is -1.95. The van der Waals surface area contributed by atoms with Crippen molar-refractivity contribution in [3.63, 3.8) is 0 Å². The summed E-state index contributed by atoms with van der Waals surface area (Å²) in [7, 11) is 0. The number of rotatable bonds is 4. The molecule has 270 valence electrons. The molecule has 0 saturated carbocycles. The Hall–Kier alpha value is -7.47. The molecule has 0 N–H and O–H groups in total. The third-order valence-corrected chi connectivity index (χ3v) is 13.2. The maximum absolute atomic E-state index is 6.43.